The fraction of sp³-hybridized carbons (Fsp3) is 0.932. The maximum atomic E-state index is 12.4. The van der Waals surface area contributed by atoms with Crippen LogP contribution in [0, 0.1) is 0 Å². The van der Waals surface area contributed by atoms with E-state index in [1.165, 1.54) is 199 Å². The molecule has 0 aromatic carbocycles. The van der Waals surface area contributed by atoms with Gasteiger partial charge in [0, 0.05) is 6.42 Å². The van der Waals surface area contributed by atoms with Crippen LogP contribution in [0.2, 0.25) is 0 Å². The lowest BCUT2D eigenvalue weighted by molar-refractivity contribution is -0.123. The summed E-state index contributed by atoms with van der Waals surface area (Å²) in [6.45, 7) is 4.33. The third-order valence-corrected chi connectivity index (χ3v) is 10.3. The molecular formula is C44H87NO3. The highest BCUT2D eigenvalue weighted by Crippen LogP contribution is 2.16. The van der Waals surface area contributed by atoms with E-state index in [0.717, 1.165) is 25.7 Å². The number of nitrogens with one attached hydrogen (secondary N) is 1. The standard InChI is InChI=1S/C44H87NO3/c1-3-5-7-9-11-13-15-17-19-20-21-22-23-24-26-28-30-32-34-36-38-40-44(48)45-42(41-46)43(47)39-37-35-33-31-29-27-25-18-16-14-12-10-8-6-4-2/h37,39,42-43,46-47H,3-36,38,40-41H2,1-2H3,(H,45,48). The second kappa shape index (κ2) is 40.6. The first kappa shape index (κ1) is 47.1. The highest BCUT2D eigenvalue weighted by molar-refractivity contribution is 5.76. The summed E-state index contributed by atoms with van der Waals surface area (Å²) in [5, 5.41) is 23.0. The van der Waals surface area contributed by atoms with Crippen molar-refractivity contribution in [2.75, 3.05) is 6.61 Å². The molecule has 1 amide bonds. The van der Waals surface area contributed by atoms with Gasteiger partial charge in [-0.25, -0.2) is 0 Å². The number of hydrogen-bond donors (Lipinski definition) is 3. The molecule has 0 aliphatic carbocycles. The Morgan fingerprint density at radius 3 is 1.08 bits per heavy atom. The molecule has 0 heterocycles. The fourth-order valence-corrected chi connectivity index (χ4v) is 6.89. The number of allylic oxidation sites excluding steroid dienone is 1. The van der Waals surface area contributed by atoms with Crippen LogP contribution in [0.4, 0.5) is 0 Å². The first-order chi connectivity index (χ1) is 23.7. The highest BCUT2D eigenvalue weighted by Gasteiger charge is 2.17. The molecule has 2 unspecified atom stereocenters. The Hall–Kier alpha value is -0.870. The van der Waals surface area contributed by atoms with Crippen molar-refractivity contribution in [3.63, 3.8) is 0 Å². The van der Waals surface area contributed by atoms with Gasteiger partial charge in [-0.1, -0.05) is 231 Å². The van der Waals surface area contributed by atoms with Gasteiger partial charge in [0.1, 0.15) is 0 Å². The van der Waals surface area contributed by atoms with Crippen molar-refractivity contribution in [3.8, 4) is 0 Å². The molecule has 286 valence electrons. The molecule has 0 saturated carbocycles. The normalized spacial score (nSPS) is 13.0. The Bertz CT molecular complexity index is 651. The number of carbonyl (C=O) groups is 1. The lowest BCUT2D eigenvalue weighted by Gasteiger charge is -2.20. The first-order valence-corrected chi connectivity index (χ1v) is 21.9. The van der Waals surface area contributed by atoms with E-state index in [9.17, 15) is 15.0 Å². The number of rotatable bonds is 40. The van der Waals surface area contributed by atoms with Gasteiger partial charge < -0.3 is 15.5 Å². The molecule has 4 nitrogen and oxygen atoms in total. The Morgan fingerprint density at radius 2 is 0.771 bits per heavy atom. The molecule has 3 N–H and O–H groups in total. The smallest absolute Gasteiger partial charge is 0.220 e. The lowest BCUT2D eigenvalue weighted by Crippen LogP contribution is -2.45. The molecular weight excluding hydrogens is 590 g/mol. The van der Waals surface area contributed by atoms with Gasteiger partial charge in [0.25, 0.3) is 0 Å². The molecule has 0 aliphatic heterocycles. The minimum absolute atomic E-state index is 0.0594. The summed E-state index contributed by atoms with van der Waals surface area (Å²) in [5.74, 6) is -0.0594. The number of hydrogen-bond acceptors (Lipinski definition) is 3. The van der Waals surface area contributed by atoms with E-state index in [1.807, 2.05) is 6.08 Å². The molecule has 0 radical (unpaired) electrons. The topological polar surface area (TPSA) is 69.6 Å². The van der Waals surface area contributed by atoms with Crippen LogP contribution in [-0.4, -0.2) is 34.9 Å². The van der Waals surface area contributed by atoms with E-state index in [1.54, 1.807) is 6.08 Å². The Balaban J connectivity index is 3.51. The van der Waals surface area contributed by atoms with Crippen LogP contribution < -0.4 is 5.32 Å². The van der Waals surface area contributed by atoms with E-state index in [2.05, 4.69) is 19.2 Å². The molecule has 0 aromatic rings. The summed E-state index contributed by atoms with van der Waals surface area (Å²) < 4.78 is 0. The van der Waals surface area contributed by atoms with Crippen LogP contribution in [0.1, 0.15) is 245 Å². The summed E-state index contributed by atoms with van der Waals surface area (Å²) in [6.07, 6.45) is 50.3. The second-order valence-electron chi connectivity index (χ2n) is 15.1. The molecule has 4 heteroatoms. The predicted molar refractivity (Wildman–Crippen MR) is 212 cm³/mol. The summed E-state index contributed by atoms with van der Waals surface area (Å²) in [6, 6.07) is -0.615. The van der Waals surface area contributed by atoms with Crippen LogP contribution in [0.3, 0.4) is 0 Å². The quantitative estimate of drug-likeness (QED) is 0.0446. The first-order valence-electron chi connectivity index (χ1n) is 21.9. The SMILES string of the molecule is CCCCCCCCCCCCCCCC=CC(O)C(CO)NC(=O)CCCCCCCCCCCCCCCCCCCCCCC. The summed E-state index contributed by atoms with van der Waals surface area (Å²) in [4.78, 5) is 12.4. The van der Waals surface area contributed by atoms with Crippen molar-refractivity contribution in [2.24, 2.45) is 0 Å². The minimum atomic E-state index is -0.833. The maximum absolute atomic E-state index is 12.4. The van der Waals surface area contributed by atoms with Crippen LogP contribution in [0.25, 0.3) is 0 Å². The van der Waals surface area contributed by atoms with Crippen LogP contribution >= 0.6 is 0 Å². The Kier molecular flexibility index (Phi) is 39.8. The Morgan fingerprint density at radius 1 is 0.479 bits per heavy atom. The van der Waals surface area contributed by atoms with Crippen molar-refractivity contribution < 1.29 is 15.0 Å². The minimum Gasteiger partial charge on any atom is -0.394 e. The molecule has 0 rings (SSSR count). The highest BCUT2D eigenvalue weighted by atomic mass is 16.3. The fourth-order valence-electron chi connectivity index (χ4n) is 6.89. The predicted octanol–water partition coefficient (Wildman–Crippen LogP) is 13.5. The zero-order valence-electron chi connectivity index (χ0n) is 32.8. The van der Waals surface area contributed by atoms with E-state index in [4.69, 9.17) is 0 Å². The van der Waals surface area contributed by atoms with E-state index in [0.29, 0.717) is 6.42 Å². The van der Waals surface area contributed by atoms with Crippen molar-refractivity contribution in [2.45, 2.75) is 257 Å². The number of aliphatic hydroxyl groups is 2. The van der Waals surface area contributed by atoms with Crippen LogP contribution in [0.15, 0.2) is 12.2 Å². The average Bonchev–Trinajstić information content (AvgIpc) is 3.09. The van der Waals surface area contributed by atoms with E-state index in [-0.39, 0.29) is 12.5 Å². The second-order valence-corrected chi connectivity index (χ2v) is 15.1. The van der Waals surface area contributed by atoms with Crippen molar-refractivity contribution in [1.29, 1.82) is 0 Å². The molecule has 0 bridgehead atoms. The van der Waals surface area contributed by atoms with Crippen molar-refractivity contribution >= 4 is 5.91 Å². The average molecular weight is 678 g/mol. The van der Waals surface area contributed by atoms with Gasteiger partial charge in [0.15, 0.2) is 0 Å². The maximum Gasteiger partial charge on any atom is 0.220 e. The molecule has 0 saturated heterocycles. The largest absolute Gasteiger partial charge is 0.394 e. The van der Waals surface area contributed by atoms with Gasteiger partial charge in [0.2, 0.25) is 5.91 Å². The van der Waals surface area contributed by atoms with Gasteiger partial charge in [-0.15, -0.1) is 0 Å². The molecule has 0 aliphatic rings. The van der Waals surface area contributed by atoms with Crippen LogP contribution in [0.5, 0.6) is 0 Å². The van der Waals surface area contributed by atoms with Crippen LogP contribution in [-0.2, 0) is 4.79 Å². The third kappa shape index (κ3) is 36.4. The number of amides is 1. The van der Waals surface area contributed by atoms with Crippen molar-refractivity contribution in [1.82, 2.24) is 5.32 Å². The third-order valence-electron chi connectivity index (χ3n) is 10.3. The van der Waals surface area contributed by atoms with Crippen molar-refractivity contribution in [3.05, 3.63) is 12.2 Å². The molecule has 0 fully saturated rings. The molecule has 48 heavy (non-hydrogen) atoms. The summed E-state index contributed by atoms with van der Waals surface area (Å²) in [7, 11) is 0. The van der Waals surface area contributed by atoms with E-state index < -0.39 is 12.1 Å². The van der Waals surface area contributed by atoms with Gasteiger partial charge in [-0.2, -0.15) is 0 Å². The van der Waals surface area contributed by atoms with Gasteiger partial charge in [-0.3, -0.25) is 4.79 Å². The van der Waals surface area contributed by atoms with Gasteiger partial charge in [-0.05, 0) is 19.3 Å². The zero-order valence-corrected chi connectivity index (χ0v) is 32.8. The molecule has 0 aromatic heterocycles. The number of carbonyl (C=O) groups excluding carboxylic acids is 1. The zero-order chi connectivity index (χ0) is 35.0. The van der Waals surface area contributed by atoms with E-state index >= 15 is 0 Å². The molecule has 2 atom stereocenters. The van der Waals surface area contributed by atoms with Gasteiger partial charge >= 0.3 is 0 Å². The molecule has 0 spiro atoms. The monoisotopic (exact) mass is 678 g/mol. The number of aliphatic hydroxyl groups excluding tert-OH is 2. The van der Waals surface area contributed by atoms with Gasteiger partial charge in [0.05, 0.1) is 18.8 Å². The Labute approximate surface area is 301 Å². The lowest BCUT2D eigenvalue weighted by atomic mass is 10.0. The summed E-state index contributed by atoms with van der Waals surface area (Å²) in [5.41, 5.74) is 0. The number of unbranched alkanes of at least 4 members (excludes halogenated alkanes) is 33. The summed E-state index contributed by atoms with van der Waals surface area (Å²) >= 11 is 0.